The Bertz CT molecular complexity index is 1980. The molecule has 0 aliphatic heterocycles. The molecule has 1 heteroatoms. The van der Waals surface area contributed by atoms with Crippen molar-refractivity contribution in [1.82, 2.24) is 0 Å². The molecular weight excluding hydrogens is 815 g/mol. The second-order valence-electron chi connectivity index (χ2n) is 19.8. The van der Waals surface area contributed by atoms with Gasteiger partial charge in [-0.15, -0.1) is 69.1 Å². The van der Waals surface area contributed by atoms with Crippen LogP contribution in [0.25, 0.3) is 43.8 Å². The van der Waals surface area contributed by atoms with Crippen LogP contribution >= 0.6 is 0 Å². The van der Waals surface area contributed by atoms with E-state index >= 15 is 0 Å². The topological polar surface area (TPSA) is 0 Å². The molecule has 0 spiro atoms. The van der Waals surface area contributed by atoms with Crippen LogP contribution in [0.4, 0.5) is 0 Å². The molecule has 0 aliphatic rings. The Morgan fingerprint density at radius 2 is 0.759 bits per heavy atom. The maximum absolute atomic E-state index is 2.52. The molecule has 284 valence electrons. The van der Waals surface area contributed by atoms with E-state index in [4.69, 9.17) is 0 Å². The van der Waals surface area contributed by atoms with Crippen LogP contribution in [-0.4, -0.2) is 0 Å². The van der Waals surface area contributed by atoms with Crippen molar-refractivity contribution in [2.75, 3.05) is 0 Å². The fourth-order valence-electron chi connectivity index (χ4n) is 7.86. The molecule has 6 aromatic carbocycles. The molecule has 6 rings (SSSR count). The van der Waals surface area contributed by atoms with Gasteiger partial charge in [-0.25, -0.2) is 0 Å². The third-order valence-electron chi connectivity index (χ3n) is 11.5. The summed E-state index contributed by atoms with van der Waals surface area (Å²) in [7, 11) is 0. The molecule has 0 bridgehead atoms. The Morgan fingerprint density at radius 3 is 1.04 bits per heavy atom. The average Bonchev–Trinajstić information content (AvgIpc) is 3.68. The summed E-state index contributed by atoms with van der Waals surface area (Å²) < 4.78 is 0. The van der Waals surface area contributed by atoms with Crippen molar-refractivity contribution in [2.24, 2.45) is 0 Å². The molecule has 0 radical (unpaired) electrons. The minimum Gasteiger partial charge on any atom is -0.358 e. The number of hydrogen-bond acceptors (Lipinski definition) is 0. The largest absolute Gasteiger partial charge is 4.00 e. The quantitative estimate of drug-likeness (QED) is 0.115. The Kier molecular flexibility index (Phi) is 13.3. The van der Waals surface area contributed by atoms with E-state index in [0.29, 0.717) is 0 Å². The Morgan fingerprint density at radius 1 is 0.444 bits per heavy atom. The summed E-state index contributed by atoms with van der Waals surface area (Å²) in [6.45, 7) is 32.8. The minimum atomic E-state index is -0.116. The number of rotatable bonds is 6. The van der Waals surface area contributed by atoms with Gasteiger partial charge in [0.2, 0.25) is 0 Å². The summed E-state index contributed by atoms with van der Waals surface area (Å²) in [5, 5.41) is 5.36. The summed E-state index contributed by atoms with van der Waals surface area (Å²) in [5.74, 6) is 0. The fourth-order valence-corrected chi connectivity index (χ4v) is 7.86. The van der Waals surface area contributed by atoms with Crippen LogP contribution in [-0.2, 0) is 52.9 Å². The van der Waals surface area contributed by atoms with Gasteiger partial charge in [-0.1, -0.05) is 163 Å². The third-order valence-corrected chi connectivity index (χ3v) is 11.5. The zero-order chi connectivity index (χ0) is 37.3. The van der Waals surface area contributed by atoms with E-state index in [9.17, 15) is 0 Å². The number of benzene rings is 4. The summed E-state index contributed by atoms with van der Waals surface area (Å²) >= 11 is 0. The van der Waals surface area contributed by atoms with Crippen LogP contribution in [0.15, 0.2) is 97.1 Å². The third kappa shape index (κ3) is 8.83. The molecule has 0 aliphatic carbocycles. The molecule has 0 heterocycles. The molecule has 0 nitrogen and oxygen atoms in total. The van der Waals surface area contributed by atoms with Crippen LogP contribution in [0.2, 0.25) is 0 Å². The Labute approximate surface area is 349 Å². The zero-order valence-electron chi connectivity index (χ0n) is 36.7. The van der Waals surface area contributed by atoms with Crippen molar-refractivity contribution >= 4 is 21.5 Å². The van der Waals surface area contributed by atoms with Crippen LogP contribution in [0.1, 0.15) is 143 Å². The van der Waals surface area contributed by atoms with Crippen LogP contribution in [0.5, 0.6) is 0 Å². The van der Waals surface area contributed by atoms with Crippen LogP contribution < -0.4 is 0 Å². The van der Waals surface area contributed by atoms with Crippen LogP contribution in [0.3, 0.4) is 0 Å². The molecule has 0 atom stereocenters. The fraction of sp³-hybridized carbons (Fsp3) is 0.396. The van der Waals surface area contributed by atoms with Gasteiger partial charge < -0.3 is 14.9 Å². The van der Waals surface area contributed by atoms with Gasteiger partial charge in [0.1, 0.15) is 0 Å². The van der Waals surface area contributed by atoms with Gasteiger partial charge in [0, 0.05) is 0 Å². The van der Waals surface area contributed by atoms with E-state index in [0.717, 1.165) is 12.8 Å². The zero-order valence-corrected chi connectivity index (χ0v) is 40.2. The van der Waals surface area contributed by atoms with Crippen molar-refractivity contribution in [3.63, 3.8) is 0 Å². The summed E-state index contributed by atoms with van der Waals surface area (Å²) in [6, 6.07) is 38.4. The van der Waals surface area contributed by atoms with E-state index in [2.05, 4.69) is 194 Å². The molecule has 0 saturated heterocycles. The smallest absolute Gasteiger partial charge is 0.358 e. The van der Waals surface area contributed by atoms with Gasteiger partial charge >= 0.3 is 25.8 Å². The standard InChI is InChI=1S/C51H62.2CH3.Hf/c1-15-22-51(14,41-23-33-18-16-20-43(45(33)31-41)35-25-37(47(2,3)4)29-38(26-35)48(5,6)7)42-24-34-19-17-21-44(46(34)32-42)36-27-39(49(8,9)10)30-40(28-36)50(11,12)13;;;/h16-21,23-32H,15,22H2,1-14H3;2*1H3;/q-2;2*-1;+4. The number of fused-ring (bicyclic) bond motifs is 2. The van der Waals surface area contributed by atoms with Crippen molar-refractivity contribution in [3.05, 3.63) is 145 Å². The SMILES string of the molecule is CCCC(C)(c1cc2c(-c3cc(C(C)(C)C)cc(C(C)(C)C)c3)cccc2[cH-]1)c1cc2c(-c3cc(C(C)(C)C)cc(C(C)(C)C)c3)cccc2[cH-]1.[CH3-].[CH3-].[Hf+4]. The molecule has 0 saturated carbocycles. The van der Waals surface area contributed by atoms with Gasteiger partial charge in [-0.3, -0.25) is 0 Å². The second kappa shape index (κ2) is 15.8. The van der Waals surface area contributed by atoms with E-state index < -0.39 is 0 Å². The van der Waals surface area contributed by atoms with Gasteiger partial charge in [0.15, 0.2) is 0 Å². The van der Waals surface area contributed by atoms with E-state index in [-0.39, 0.29) is 67.8 Å². The van der Waals surface area contributed by atoms with Crippen molar-refractivity contribution in [1.29, 1.82) is 0 Å². The van der Waals surface area contributed by atoms with E-state index in [1.807, 2.05) is 0 Å². The molecule has 0 fully saturated rings. The number of hydrogen-bond donors (Lipinski definition) is 0. The minimum absolute atomic E-state index is 0. The van der Waals surface area contributed by atoms with Crippen molar-refractivity contribution in [2.45, 2.75) is 137 Å². The Hall–Kier alpha value is -3.03. The van der Waals surface area contributed by atoms with Gasteiger partial charge in [-0.05, 0) is 66.9 Å². The monoisotopic (exact) mass is 884 g/mol. The first-order valence-corrected chi connectivity index (χ1v) is 19.3. The molecule has 0 aromatic heterocycles. The van der Waals surface area contributed by atoms with Crippen molar-refractivity contribution in [3.8, 4) is 22.3 Å². The van der Waals surface area contributed by atoms with E-state index in [1.54, 1.807) is 0 Å². The van der Waals surface area contributed by atoms with E-state index in [1.165, 1.54) is 77.2 Å². The normalized spacial score (nSPS) is 12.7. The summed E-state index contributed by atoms with van der Waals surface area (Å²) in [5.41, 5.74) is 13.9. The average molecular weight is 884 g/mol. The maximum Gasteiger partial charge on any atom is 4.00 e. The molecule has 0 amide bonds. The predicted molar refractivity (Wildman–Crippen MR) is 239 cm³/mol. The predicted octanol–water partition coefficient (Wildman–Crippen LogP) is 16.0. The van der Waals surface area contributed by atoms with Crippen molar-refractivity contribution < 1.29 is 25.8 Å². The molecule has 0 unspecified atom stereocenters. The second-order valence-corrected chi connectivity index (χ2v) is 19.8. The molecule has 54 heavy (non-hydrogen) atoms. The molecule has 6 aromatic rings. The molecule has 0 N–H and O–H groups in total. The van der Waals surface area contributed by atoms with Gasteiger partial charge in [0.05, 0.1) is 0 Å². The first kappa shape index (κ1) is 45.4. The van der Waals surface area contributed by atoms with Gasteiger partial charge in [0.25, 0.3) is 0 Å². The Balaban J connectivity index is 0.00000261. The van der Waals surface area contributed by atoms with Crippen LogP contribution in [0, 0.1) is 14.9 Å². The summed E-state index contributed by atoms with van der Waals surface area (Å²) in [4.78, 5) is 0. The first-order chi connectivity index (χ1) is 23.6. The summed E-state index contributed by atoms with van der Waals surface area (Å²) in [6.07, 6.45) is 2.20. The molecular formula is C53H68Hf. The van der Waals surface area contributed by atoms with Gasteiger partial charge in [-0.2, -0.15) is 12.1 Å². The maximum atomic E-state index is 2.52. The first-order valence-electron chi connectivity index (χ1n) is 19.3.